The average Bonchev–Trinajstić information content (AvgIpc) is 3.11. The largest absolute Gasteiger partial charge is 0.496 e. The Balaban J connectivity index is 1.82. The van der Waals surface area contributed by atoms with Gasteiger partial charge in [-0.2, -0.15) is 4.98 Å². The summed E-state index contributed by atoms with van der Waals surface area (Å²) in [5.74, 6) is 0.765. The van der Waals surface area contributed by atoms with Crippen LogP contribution in [0.5, 0.6) is 5.75 Å². The van der Waals surface area contributed by atoms with Crippen molar-refractivity contribution < 1.29 is 9.53 Å². The zero-order valence-electron chi connectivity index (χ0n) is 14.1. The lowest BCUT2D eigenvalue weighted by Gasteiger charge is -2.10. The maximum absolute atomic E-state index is 12.2. The van der Waals surface area contributed by atoms with E-state index < -0.39 is 0 Å². The Morgan fingerprint density at radius 2 is 2.00 bits per heavy atom. The third-order valence-corrected chi connectivity index (χ3v) is 3.55. The smallest absolute Gasteiger partial charge is 0.255 e. The molecule has 0 bridgehead atoms. The highest BCUT2D eigenvalue weighted by Crippen LogP contribution is 2.24. The average molecular weight is 337 g/mol. The Kier molecular flexibility index (Phi) is 4.94. The SMILES string of the molecule is CCNC(=O)c1cc(Nc2ncn(-c3ccccc3)n2)ccc1OC. The normalized spacial score (nSPS) is 10.3. The van der Waals surface area contributed by atoms with E-state index >= 15 is 0 Å². The number of amides is 1. The minimum Gasteiger partial charge on any atom is -0.496 e. The van der Waals surface area contributed by atoms with Gasteiger partial charge < -0.3 is 15.4 Å². The summed E-state index contributed by atoms with van der Waals surface area (Å²) in [4.78, 5) is 16.4. The van der Waals surface area contributed by atoms with Crippen molar-refractivity contribution in [3.63, 3.8) is 0 Å². The molecule has 0 fully saturated rings. The molecular weight excluding hydrogens is 318 g/mol. The number of carbonyl (C=O) groups excluding carboxylic acids is 1. The third kappa shape index (κ3) is 3.77. The van der Waals surface area contributed by atoms with Gasteiger partial charge in [0.15, 0.2) is 0 Å². The predicted molar refractivity (Wildman–Crippen MR) is 95.6 cm³/mol. The molecule has 7 heteroatoms. The number of anilines is 2. The van der Waals surface area contributed by atoms with Crippen LogP contribution in [0.4, 0.5) is 11.6 Å². The lowest BCUT2D eigenvalue weighted by molar-refractivity contribution is 0.0953. The van der Waals surface area contributed by atoms with E-state index in [0.29, 0.717) is 29.5 Å². The van der Waals surface area contributed by atoms with Crippen LogP contribution in [0.1, 0.15) is 17.3 Å². The van der Waals surface area contributed by atoms with Crippen LogP contribution in [0.25, 0.3) is 5.69 Å². The molecule has 0 radical (unpaired) electrons. The molecule has 2 N–H and O–H groups in total. The van der Waals surface area contributed by atoms with Gasteiger partial charge in [-0.1, -0.05) is 18.2 Å². The number of aromatic nitrogens is 3. The van der Waals surface area contributed by atoms with E-state index in [1.165, 1.54) is 7.11 Å². The van der Waals surface area contributed by atoms with E-state index in [1.807, 2.05) is 43.3 Å². The van der Waals surface area contributed by atoms with Gasteiger partial charge in [0.25, 0.3) is 5.91 Å². The number of rotatable bonds is 6. The highest BCUT2D eigenvalue weighted by Gasteiger charge is 2.13. The summed E-state index contributed by atoms with van der Waals surface area (Å²) in [6, 6.07) is 15.0. The van der Waals surface area contributed by atoms with Crippen molar-refractivity contribution in [1.29, 1.82) is 0 Å². The number of hydrogen-bond acceptors (Lipinski definition) is 5. The Hall–Kier alpha value is -3.35. The molecule has 0 spiro atoms. The molecule has 128 valence electrons. The van der Waals surface area contributed by atoms with Crippen LogP contribution in [-0.2, 0) is 0 Å². The molecule has 0 atom stereocenters. The molecule has 7 nitrogen and oxygen atoms in total. The first-order chi connectivity index (χ1) is 12.2. The Morgan fingerprint density at radius 3 is 2.72 bits per heavy atom. The van der Waals surface area contributed by atoms with Gasteiger partial charge >= 0.3 is 0 Å². The Labute approximate surface area is 145 Å². The molecule has 0 aliphatic rings. The summed E-state index contributed by atoms with van der Waals surface area (Å²) in [7, 11) is 1.54. The quantitative estimate of drug-likeness (QED) is 0.723. The summed E-state index contributed by atoms with van der Waals surface area (Å²) < 4.78 is 6.93. The second kappa shape index (κ2) is 7.48. The van der Waals surface area contributed by atoms with Crippen LogP contribution < -0.4 is 15.4 Å². The number of nitrogens with zero attached hydrogens (tertiary/aromatic N) is 3. The molecule has 0 unspecified atom stereocenters. The molecule has 25 heavy (non-hydrogen) atoms. The van der Waals surface area contributed by atoms with Gasteiger partial charge in [0.1, 0.15) is 12.1 Å². The van der Waals surface area contributed by atoms with Gasteiger partial charge in [-0.15, -0.1) is 5.10 Å². The Bertz CT molecular complexity index is 861. The van der Waals surface area contributed by atoms with Gasteiger partial charge in [0.05, 0.1) is 18.4 Å². The third-order valence-electron chi connectivity index (χ3n) is 3.55. The number of benzene rings is 2. The molecule has 0 saturated carbocycles. The number of ether oxygens (including phenoxy) is 1. The van der Waals surface area contributed by atoms with Crippen molar-refractivity contribution in [2.75, 3.05) is 19.0 Å². The van der Waals surface area contributed by atoms with E-state index in [4.69, 9.17) is 4.74 Å². The maximum Gasteiger partial charge on any atom is 0.255 e. The van der Waals surface area contributed by atoms with Crippen LogP contribution in [0.15, 0.2) is 54.9 Å². The van der Waals surface area contributed by atoms with E-state index in [-0.39, 0.29) is 5.91 Å². The summed E-state index contributed by atoms with van der Waals surface area (Å²) in [6.45, 7) is 2.41. The van der Waals surface area contributed by atoms with E-state index in [2.05, 4.69) is 20.7 Å². The van der Waals surface area contributed by atoms with Gasteiger partial charge in [0.2, 0.25) is 5.95 Å². The van der Waals surface area contributed by atoms with Crippen LogP contribution in [0.2, 0.25) is 0 Å². The number of methoxy groups -OCH3 is 1. The van der Waals surface area contributed by atoms with E-state index in [9.17, 15) is 4.79 Å². The van der Waals surface area contributed by atoms with Crippen LogP contribution in [0.3, 0.4) is 0 Å². The number of carbonyl (C=O) groups is 1. The zero-order chi connectivity index (χ0) is 17.6. The Morgan fingerprint density at radius 1 is 1.20 bits per heavy atom. The molecular formula is C18H19N5O2. The molecule has 2 aromatic carbocycles. The lowest BCUT2D eigenvalue weighted by atomic mass is 10.1. The number of nitrogens with one attached hydrogen (secondary N) is 2. The summed E-state index contributed by atoms with van der Waals surface area (Å²) in [6.07, 6.45) is 1.63. The summed E-state index contributed by atoms with van der Waals surface area (Å²) >= 11 is 0. The molecule has 1 amide bonds. The number of para-hydroxylation sites is 1. The standard InChI is InChI=1S/C18H19N5O2/c1-3-19-17(24)15-11-13(9-10-16(15)25-2)21-18-20-12-23(22-18)14-7-5-4-6-8-14/h4-12H,3H2,1-2H3,(H,19,24)(H,21,22). The second-order valence-corrected chi connectivity index (χ2v) is 5.25. The first kappa shape index (κ1) is 16.5. The molecule has 0 aliphatic carbocycles. The highest BCUT2D eigenvalue weighted by molar-refractivity contribution is 5.98. The fourth-order valence-electron chi connectivity index (χ4n) is 2.37. The van der Waals surface area contributed by atoms with Crippen molar-refractivity contribution in [3.8, 4) is 11.4 Å². The summed E-state index contributed by atoms with van der Waals surface area (Å²) in [5, 5.41) is 10.3. The lowest BCUT2D eigenvalue weighted by Crippen LogP contribution is -2.23. The molecule has 1 heterocycles. The topological polar surface area (TPSA) is 81.1 Å². The van der Waals surface area contributed by atoms with Gasteiger partial charge in [-0.25, -0.2) is 4.68 Å². The molecule has 3 rings (SSSR count). The number of hydrogen-bond donors (Lipinski definition) is 2. The van der Waals surface area contributed by atoms with Crippen molar-refractivity contribution in [2.24, 2.45) is 0 Å². The molecule has 0 saturated heterocycles. The predicted octanol–water partition coefficient (Wildman–Crippen LogP) is 2.77. The molecule has 1 aromatic heterocycles. The minimum atomic E-state index is -0.189. The van der Waals surface area contributed by atoms with E-state index in [0.717, 1.165) is 5.69 Å². The van der Waals surface area contributed by atoms with Crippen molar-refractivity contribution in [3.05, 3.63) is 60.4 Å². The van der Waals surface area contributed by atoms with Crippen LogP contribution in [-0.4, -0.2) is 34.3 Å². The van der Waals surface area contributed by atoms with Crippen molar-refractivity contribution in [1.82, 2.24) is 20.1 Å². The fraction of sp³-hybridized carbons (Fsp3) is 0.167. The fourth-order valence-corrected chi connectivity index (χ4v) is 2.37. The van der Waals surface area contributed by atoms with Gasteiger partial charge in [0, 0.05) is 12.2 Å². The molecule has 3 aromatic rings. The van der Waals surface area contributed by atoms with E-state index in [1.54, 1.807) is 23.1 Å². The second-order valence-electron chi connectivity index (χ2n) is 5.25. The first-order valence-corrected chi connectivity index (χ1v) is 7.91. The highest BCUT2D eigenvalue weighted by atomic mass is 16.5. The minimum absolute atomic E-state index is 0.189. The first-order valence-electron chi connectivity index (χ1n) is 7.91. The monoisotopic (exact) mass is 337 g/mol. The zero-order valence-corrected chi connectivity index (χ0v) is 14.1. The molecule has 0 aliphatic heterocycles. The van der Waals surface area contributed by atoms with Gasteiger partial charge in [-0.05, 0) is 37.3 Å². The maximum atomic E-state index is 12.2. The van der Waals surface area contributed by atoms with Crippen molar-refractivity contribution in [2.45, 2.75) is 6.92 Å². The summed E-state index contributed by atoms with van der Waals surface area (Å²) in [5.41, 5.74) is 2.07. The van der Waals surface area contributed by atoms with Crippen LogP contribution >= 0.6 is 0 Å². The van der Waals surface area contributed by atoms with Crippen molar-refractivity contribution >= 4 is 17.5 Å². The van der Waals surface area contributed by atoms with Crippen LogP contribution in [0, 0.1) is 0 Å². The van der Waals surface area contributed by atoms with Gasteiger partial charge in [-0.3, -0.25) is 4.79 Å².